The third-order valence-corrected chi connectivity index (χ3v) is 4.98. The molecule has 2 aliphatic rings. The number of aromatic amines is 1. The number of rotatable bonds is 3. The van der Waals surface area contributed by atoms with E-state index < -0.39 is 0 Å². The maximum Gasteiger partial charge on any atom is 0.138 e. The summed E-state index contributed by atoms with van der Waals surface area (Å²) in [5, 5.41) is 10.6. The molecule has 4 nitrogen and oxygen atoms in total. The Balaban J connectivity index is 1.52. The van der Waals surface area contributed by atoms with Gasteiger partial charge in [0.2, 0.25) is 0 Å². The standard InChI is InChI=1S/C16H20N4/c1-2-4-12-8-14-6-5-13(7-11(12)3-1)16(14)17-9-15-18-10-19-20-15/h1-4,10,13-14,16-17H,5-9H2,(H,18,19,20). The van der Waals surface area contributed by atoms with Gasteiger partial charge in [-0.05, 0) is 48.6 Å². The largest absolute Gasteiger partial charge is 0.306 e. The van der Waals surface area contributed by atoms with Crippen molar-refractivity contribution in [3.05, 3.63) is 47.5 Å². The first kappa shape index (κ1) is 12.1. The predicted octanol–water partition coefficient (Wildman–Crippen LogP) is 2.09. The summed E-state index contributed by atoms with van der Waals surface area (Å²) < 4.78 is 0. The van der Waals surface area contributed by atoms with E-state index in [0.717, 1.165) is 24.2 Å². The SMILES string of the molecule is c1ccc2c(c1)CC1CCC(C2)C1NCc1ncn[nH]1. The molecule has 2 aromatic rings. The molecule has 0 radical (unpaired) electrons. The molecule has 2 unspecified atom stereocenters. The van der Waals surface area contributed by atoms with Crippen molar-refractivity contribution in [2.24, 2.45) is 11.8 Å². The van der Waals surface area contributed by atoms with Crippen molar-refractivity contribution in [3.8, 4) is 0 Å². The Morgan fingerprint density at radius 3 is 2.40 bits per heavy atom. The van der Waals surface area contributed by atoms with Gasteiger partial charge in [0.15, 0.2) is 0 Å². The van der Waals surface area contributed by atoms with Gasteiger partial charge in [-0.2, -0.15) is 5.10 Å². The van der Waals surface area contributed by atoms with Gasteiger partial charge < -0.3 is 5.32 Å². The van der Waals surface area contributed by atoms with Crippen LogP contribution in [0.3, 0.4) is 0 Å². The first-order valence-electron chi connectivity index (χ1n) is 7.54. The first-order valence-corrected chi connectivity index (χ1v) is 7.54. The zero-order valence-electron chi connectivity index (χ0n) is 11.5. The molecule has 1 saturated carbocycles. The van der Waals surface area contributed by atoms with Gasteiger partial charge in [-0.25, -0.2) is 4.98 Å². The van der Waals surface area contributed by atoms with E-state index in [-0.39, 0.29) is 0 Å². The maximum atomic E-state index is 4.20. The summed E-state index contributed by atoms with van der Waals surface area (Å²) in [6.45, 7) is 0.800. The van der Waals surface area contributed by atoms with Crippen molar-refractivity contribution in [1.29, 1.82) is 0 Å². The van der Waals surface area contributed by atoms with E-state index in [1.54, 1.807) is 17.5 Å². The van der Waals surface area contributed by atoms with Gasteiger partial charge in [-0.3, -0.25) is 5.10 Å². The van der Waals surface area contributed by atoms with E-state index in [1.807, 2.05) is 0 Å². The van der Waals surface area contributed by atoms with Crippen LogP contribution in [0.4, 0.5) is 0 Å². The number of H-pyrrole nitrogens is 1. The Morgan fingerprint density at radius 1 is 1.10 bits per heavy atom. The van der Waals surface area contributed by atoms with Crippen molar-refractivity contribution in [2.75, 3.05) is 0 Å². The quantitative estimate of drug-likeness (QED) is 0.896. The van der Waals surface area contributed by atoms with Gasteiger partial charge >= 0.3 is 0 Å². The average molecular weight is 268 g/mol. The fourth-order valence-corrected chi connectivity index (χ4v) is 4.01. The van der Waals surface area contributed by atoms with Gasteiger partial charge in [0.05, 0.1) is 6.54 Å². The van der Waals surface area contributed by atoms with E-state index in [2.05, 4.69) is 44.8 Å². The van der Waals surface area contributed by atoms with Crippen LogP contribution in [0.2, 0.25) is 0 Å². The molecule has 4 heteroatoms. The lowest BCUT2D eigenvalue weighted by Crippen LogP contribution is -2.37. The van der Waals surface area contributed by atoms with E-state index in [9.17, 15) is 0 Å². The topological polar surface area (TPSA) is 53.6 Å². The van der Waals surface area contributed by atoms with Gasteiger partial charge in [0.1, 0.15) is 12.2 Å². The highest BCUT2D eigenvalue weighted by Gasteiger charge is 2.38. The molecule has 20 heavy (non-hydrogen) atoms. The number of hydrogen-bond acceptors (Lipinski definition) is 3. The maximum absolute atomic E-state index is 4.20. The summed E-state index contributed by atoms with van der Waals surface area (Å²) in [6, 6.07) is 9.59. The van der Waals surface area contributed by atoms with Crippen LogP contribution < -0.4 is 5.32 Å². The van der Waals surface area contributed by atoms with Crippen molar-refractivity contribution < 1.29 is 0 Å². The zero-order valence-corrected chi connectivity index (χ0v) is 11.5. The van der Waals surface area contributed by atoms with E-state index in [4.69, 9.17) is 0 Å². The third-order valence-electron chi connectivity index (χ3n) is 4.98. The smallest absolute Gasteiger partial charge is 0.138 e. The normalized spacial score (nSPS) is 28.1. The summed E-state index contributed by atoms with van der Waals surface area (Å²) >= 11 is 0. The van der Waals surface area contributed by atoms with Gasteiger partial charge in [0, 0.05) is 6.04 Å². The van der Waals surface area contributed by atoms with E-state index in [1.165, 1.54) is 25.7 Å². The third kappa shape index (κ3) is 2.14. The van der Waals surface area contributed by atoms with Crippen molar-refractivity contribution in [2.45, 2.75) is 38.3 Å². The fraction of sp³-hybridized carbons (Fsp3) is 0.500. The molecule has 4 rings (SSSR count). The Hall–Kier alpha value is -1.68. The average Bonchev–Trinajstić information content (AvgIpc) is 3.04. The van der Waals surface area contributed by atoms with E-state index >= 15 is 0 Å². The highest BCUT2D eigenvalue weighted by atomic mass is 15.2. The van der Waals surface area contributed by atoms with Crippen LogP contribution in [0.25, 0.3) is 0 Å². The molecule has 1 aromatic heterocycles. The Bertz CT molecular complexity index is 545. The van der Waals surface area contributed by atoms with Crippen LogP contribution in [0.15, 0.2) is 30.6 Å². The molecule has 2 aliphatic carbocycles. The van der Waals surface area contributed by atoms with Crippen molar-refractivity contribution >= 4 is 0 Å². The lowest BCUT2D eigenvalue weighted by atomic mass is 9.94. The monoisotopic (exact) mass is 268 g/mol. The number of aromatic nitrogens is 3. The Labute approximate surface area is 119 Å². The second kappa shape index (κ2) is 5.02. The van der Waals surface area contributed by atoms with Crippen LogP contribution in [-0.4, -0.2) is 21.2 Å². The second-order valence-corrected chi connectivity index (χ2v) is 6.11. The van der Waals surface area contributed by atoms with Crippen molar-refractivity contribution in [3.63, 3.8) is 0 Å². The summed E-state index contributed by atoms with van der Waals surface area (Å²) in [4.78, 5) is 4.20. The van der Waals surface area contributed by atoms with Crippen LogP contribution in [0.5, 0.6) is 0 Å². The molecule has 2 N–H and O–H groups in total. The summed E-state index contributed by atoms with van der Waals surface area (Å²) in [5.74, 6) is 2.48. The summed E-state index contributed by atoms with van der Waals surface area (Å²) in [7, 11) is 0. The molecule has 0 saturated heterocycles. The van der Waals surface area contributed by atoms with Gasteiger partial charge in [0.25, 0.3) is 0 Å². The van der Waals surface area contributed by atoms with Crippen LogP contribution in [0, 0.1) is 11.8 Å². The lowest BCUT2D eigenvalue weighted by Gasteiger charge is -2.23. The molecule has 0 spiro atoms. The zero-order chi connectivity index (χ0) is 13.4. The fourth-order valence-electron chi connectivity index (χ4n) is 4.01. The minimum atomic E-state index is 0.618. The molecular formula is C16H20N4. The molecular weight excluding hydrogens is 248 g/mol. The number of hydrogen-bond donors (Lipinski definition) is 2. The Morgan fingerprint density at radius 2 is 1.80 bits per heavy atom. The molecule has 2 bridgehead atoms. The first-order chi connectivity index (χ1) is 9.90. The van der Waals surface area contributed by atoms with Gasteiger partial charge in [-0.15, -0.1) is 0 Å². The molecule has 0 aliphatic heterocycles. The number of nitrogens with zero attached hydrogens (tertiary/aromatic N) is 2. The Kier molecular flexibility index (Phi) is 3.03. The minimum Gasteiger partial charge on any atom is -0.306 e. The minimum absolute atomic E-state index is 0.618. The molecule has 1 heterocycles. The van der Waals surface area contributed by atoms with E-state index in [0.29, 0.717) is 6.04 Å². The lowest BCUT2D eigenvalue weighted by molar-refractivity contribution is 0.338. The van der Waals surface area contributed by atoms with Crippen LogP contribution >= 0.6 is 0 Å². The summed E-state index contributed by atoms with van der Waals surface area (Å²) in [5.41, 5.74) is 3.12. The van der Waals surface area contributed by atoms with Crippen molar-refractivity contribution in [1.82, 2.24) is 20.5 Å². The number of nitrogens with one attached hydrogen (secondary N) is 2. The highest BCUT2D eigenvalue weighted by Crippen LogP contribution is 2.40. The number of benzene rings is 1. The highest BCUT2D eigenvalue weighted by molar-refractivity contribution is 5.30. The van der Waals surface area contributed by atoms with Gasteiger partial charge in [-0.1, -0.05) is 24.3 Å². The number of fused-ring (bicyclic) bond motifs is 3. The predicted molar refractivity (Wildman–Crippen MR) is 77.1 cm³/mol. The molecule has 2 atom stereocenters. The molecule has 1 fully saturated rings. The molecule has 1 aromatic carbocycles. The molecule has 104 valence electrons. The van der Waals surface area contributed by atoms with Crippen LogP contribution in [0.1, 0.15) is 29.8 Å². The van der Waals surface area contributed by atoms with Crippen LogP contribution in [-0.2, 0) is 19.4 Å². The molecule has 0 amide bonds. The summed E-state index contributed by atoms with van der Waals surface area (Å²) in [6.07, 6.45) is 6.73. The second-order valence-electron chi connectivity index (χ2n) is 6.11.